The van der Waals surface area contributed by atoms with Crippen LogP contribution in [0.5, 0.6) is 0 Å². The summed E-state index contributed by atoms with van der Waals surface area (Å²) in [5.41, 5.74) is 2.20. The first-order chi connectivity index (χ1) is 12.6. The lowest BCUT2D eigenvalue weighted by molar-refractivity contribution is -0.119. The standard InChI is InChI=1S/C20H24N4O2/c1-14(25)21-12-15-9-10-19(26-15)18-8-5-11-24(18)13-20-22-16-6-3-4-7-17(16)23(20)2/h3-4,6-7,9-10,18H,5,8,11-13H2,1-2H3,(H,21,25). The number of likely N-dealkylation sites (tertiary alicyclic amines) is 1. The van der Waals surface area contributed by atoms with Crippen LogP contribution in [-0.2, 0) is 24.9 Å². The molecule has 0 spiro atoms. The second-order valence-corrected chi connectivity index (χ2v) is 6.92. The topological polar surface area (TPSA) is 63.3 Å². The summed E-state index contributed by atoms with van der Waals surface area (Å²) in [6.45, 7) is 3.79. The number of amides is 1. The number of carbonyl (C=O) groups is 1. The molecule has 3 aromatic rings. The predicted octanol–water partition coefficient (Wildman–Crippen LogP) is 3.14. The molecule has 3 heterocycles. The molecule has 1 N–H and O–H groups in total. The second kappa shape index (κ2) is 6.96. The largest absolute Gasteiger partial charge is 0.463 e. The molecule has 6 heteroatoms. The van der Waals surface area contributed by atoms with Crippen LogP contribution in [-0.4, -0.2) is 26.9 Å². The molecule has 0 radical (unpaired) electrons. The maximum Gasteiger partial charge on any atom is 0.217 e. The number of hydrogen-bond acceptors (Lipinski definition) is 4. The van der Waals surface area contributed by atoms with Crippen LogP contribution >= 0.6 is 0 Å². The van der Waals surface area contributed by atoms with Crippen molar-refractivity contribution in [2.45, 2.75) is 38.9 Å². The Hall–Kier alpha value is -2.60. The van der Waals surface area contributed by atoms with Crippen molar-refractivity contribution < 1.29 is 9.21 Å². The molecule has 26 heavy (non-hydrogen) atoms. The summed E-state index contributed by atoms with van der Waals surface area (Å²) >= 11 is 0. The van der Waals surface area contributed by atoms with Crippen LogP contribution in [0.2, 0.25) is 0 Å². The minimum atomic E-state index is -0.0488. The zero-order valence-corrected chi connectivity index (χ0v) is 15.2. The van der Waals surface area contributed by atoms with Gasteiger partial charge in [-0.25, -0.2) is 4.98 Å². The number of imidazole rings is 1. The molecule has 1 amide bonds. The highest BCUT2D eigenvalue weighted by atomic mass is 16.3. The van der Waals surface area contributed by atoms with Crippen molar-refractivity contribution in [3.63, 3.8) is 0 Å². The van der Waals surface area contributed by atoms with Gasteiger partial charge in [-0.3, -0.25) is 9.69 Å². The molecule has 0 aliphatic carbocycles. The van der Waals surface area contributed by atoms with Crippen LogP contribution in [0.1, 0.15) is 43.2 Å². The third kappa shape index (κ3) is 3.24. The van der Waals surface area contributed by atoms with Crippen molar-refractivity contribution in [3.05, 3.63) is 53.7 Å². The van der Waals surface area contributed by atoms with Gasteiger partial charge in [0.1, 0.15) is 17.3 Å². The Morgan fingerprint density at radius 3 is 2.96 bits per heavy atom. The van der Waals surface area contributed by atoms with Gasteiger partial charge in [0.15, 0.2) is 0 Å². The van der Waals surface area contributed by atoms with E-state index >= 15 is 0 Å². The first-order valence-corrected chi connectivity index (χ1v) is 9.09. The minimum Gasteiger partial charge on any atom is -0.463 e. The van der Waals surface area contributed by atoms with Gasteiger partial charge >= 0.3 is 0 Å². The van der Waals surface area contributed by atoms with Gasteiger partial charge in [0.05, 0.1) is 30.2 Å². The molecular formula is C20H24N4O2. The molecule has 0 saturated carbocycles. The SMILES string of the molecule is CC(=O)NCc1ccc(C2CCCN2Cc2nc3ccccc3n2C)o1. The number of rotatable bonds is 5. The Bertz CT molecular complexity index is 927. The van der Waals surface area contributed by atoms with Crippen molar-refractivity contribution >= 4 is 16.9 Å². The predicted molar refractivity (Wildman–Crippen MR) is 99.3 cm³/mol. The first kappa shape index (κ1) is 16.8. The molecule has 1 unspecified atom stereocenters. The van der Waals surface area contributed by atoms with E-state index in [4.69, 9.17) is 9.40 Å². The van der Waals surface area contributed by atoms with Gasteiger partial charge in [0, 0.05) is 14.0 Å². The fraction of sp³-hybridized carbons (Fsp3) is 0.400. The van der Waals surface area contributed by atoms with Gasteiger partial charge in [-0.05, 0) is 43.7 Å². The van der Waals surface area contributed by atoms with Crippen molar-refractivity contribution in [1.29, 1.82) is 0 Å². The zero-order valence-electron chi connectivity index (χ0n) is 15.2. The lowest BCUT2D eigenvalue weighted by atomic mass is 10.1. The number of aromatic nitrogens is 2. The molecule has 4 rings (SSSR count). The van der Waals surface area contributed by atoms with Crippen molar-refractivity contribution in [1.82, 2.24) is 19.8 Å². The molecular weight excluding hydrogens is 328 g/mol. The number of aryl methyl sites for hydroxylation is 1. The molecule has 0 bridgehead atoms. The summed E-state index contributed by atoms with van der Waals surface area (Å²) in [7, 11) is 2.08. The molecule has 6 nitrogen and oxygen atoms in total. The number of para-hydroxylation sites is 2. The molecule has 1 aromatic carbocycles. The van der Waals surface area contributed by atoms with Crippen molar-refractivity contribution in [3.8, 4) is 0 Å². The monoisotopic (exact) mass is 352 g/mol. The summed E-state index contributed by atoms with van der Waals surface area (Å²) in [6, 6.07) is 12.5. The summed E-state index contributed by atoms with van der Waals surface area (Å²) in [5.74, 6) is 2.79. The Balaban J connectivity index is 1.51. The number of fused-ring (bicyclic) bond motifs is 1. The van der Waals surface area contributed by atoms with Crippen LogP contribution in [0.15, 0.2) is 40.8 Å². The van der Waals surface area contributed by atoms with E-state index in [0.29, 0.717) is 6.54 Å². The zero-order chi connectivity index (χ0) is 18.1. The highest BCUT2D eigenvalue weighted by molar-refractivity contribution is 5.75. The average molecular weight is 352 g/mol. The normalized spacial score (nSPS) is 17.8. The van der Waals surface area contributed by atoms with Crippen LogP contribution < -0.4 is 5.32 Å². The Labute approximate surface area is 152 Å². The van der Waals surface area contributed by atoms with E-state index in [1.807, 2.05) is 24.3 Å². The third-order valence-corrected chi connectivity index (χ3v) is 5.11. The highest BCUT2D eigenvalue weighted by Gasteiger charge is 2.29. The van der Waals surface area contributed by atoms with Gasteiger partial charge in [0.25, 0.3) is 0 Å². The van der Waals surface area contributed by atoms with Crippen LogP contribution in [0, 0.1) is 0 Å². The van der Waals surface area contributed by atoms with E-state index in [1.165, 1.54) is 6.92 Å². The van der Waals surface area contributed by atoms with Crippen LogP contribution in [0.3, 0.4) is 0 Å². The second-order valence-electron chi connectivity index (χ2n) is 6.92. The summed E-state index contributed by atoms with van der Waals surface area (Å²) in [5, 5.41) is 2.78. The number of benzene rings is 1. The Morgan fingerprint density at radius 2 is 2.15 bits per heavy atom. The van der Waals surface area contributed by atoms with Gasteiger partial charge in [-0.2, -0.15) is 0 Å². The average Bonchev–Trinajstić information content (AvgIpc) is 3.34. The van der Waals surface area contributed by atoms with E-state index < -0.39 is 0 Å². The number of hydrogen-bond donors (Lipinski definition) is 1. The molecule has 2 aromatic heterocycles. The number of furan rings is 1. The van der Waals surface area contributed by atoms with E-state index in [1.54, 1.807) is 0 Å². The van der Waals surface area contributed by atoms with Gasteiger partial charge in [-0.1, -0.05) is 12.1 Å². The molecule has 136 valence electrons. The van der Waals surface area contributed by atoms with Gasteiger partial charge in [-0.15, -0.1) is 0 Å². The molecule has 1 fully saturated rings. The fourth-order valence-corrected chi connectivity index (χ4v) is 3.74. The lowest BCUT2D eigenvalue weighted by Gasteiger charge is -2.22. The van der Waals surface area contributed by atoms with Crippen molar-refractivity contribution in [2.24, 2.45) is 7.05 Å². The Morgan fingerprint density at radius 1 is 1.31 bits per heavy atom. The maximum atomic E-state index is 11.1. The molecule has 1 aliphatic heterocycles. The minimum absolute atomic E-state index is 0.0488. The third-order valence-electron chi connectivity index (χ3n) is 5.11. The number of nitrogens with one attached hydrogen (secondary N) is 1. The highest BCUT2D eigenvalue weighted by Crippen LogP contribution is 2.34. The van der Waals surface area contributed by atoms with E-state index in [2.05, 4.69) is 34.0 Å². The smallest absolute Gasteiger partial charge is 0.217 e. The van der Waals surface area contributed by atoms with Crippen LogP contribution in [0.25, 0.3) is 11.0 Å². The lowest BCUT2D eigenvalue weighted by Crippen LogP contribution is -2.24. The van der Waals surface area contributed by atoms with Gasteiger partial charge in [0.2, 0.25) is 5.91 Å². The quantitative estimate of drug-likeness (QED) is 0.766. The fourth-order valence-electron chi connectivity index (χ4n) is 3.74. The first-order valence-electron chi connectivity index (χ1n) is 9.09. The maximum absolute atomic E-state index is 11.1. The van der Waals surface area contributed by atoms with E-state index in [-0.39, 0.29) is 11.9 Å². The number of carbonyl (C=O) groups excluding carboxylic acids is 1. The molecule has 1 saturated heterocycles. The molecule has 1 aliphatic rings. The van der Waals surface area contributed by atoms with Gasteiger partial charge < -0.3 is 14.3 Å². The Kier molecular flexibility index (Phi) is 4.51. The van der Waals surface area contributed by atoms with E-state index in [0.717, 1.165) is 54.3 Å². The summed E-state index contributed by atoms with van der Waals surface area (Å²) in [4.78, 5) is 18.3. The number of nitrogens with zero attached hydrogens (tertiary/aromatic N) is 3. The summed E-state index contributed by atoms with van der Waals surface area (Å²) < 4.78 is 8.17. The van der Waals surface area contributed by atoms with E-state index in [9.17, 15) is 4.79 Å². The summed E-state index contributed by atoms with van der Waals surface area (Å²) in [6.07, 6.45) is 2.23. The molecule has 1 atom stereocenters. The van der Waals surface area contributed by atoms with Crippen LogP contribution in [0.4, 0.5) is 0 Å². The van der Waals surface area contributed by atoms with Crippen molar-refractivity contribution in [2.75, 3.05) is 6.54 Å².